The standard InChI is InChI=1S/C9H17NO/c1-11-9-4-6-2-8(10)3-7(6)5-9/h6-9H,2-5,10H2,1H3. The fourth-order valence-electron chi connectivity index (χ4n) is 2.80. The quantitative estimate of drug-likeness (QED) is 0.616. The van der Waals surface area contributed by atoms with Crippen molar-refractivity contribution < 1.29 is 4.74 Å². The summed E-state index contributed by atoms with van der Waals surface area (Å²) >= 11 is 0. The van der Waals surface area contributed by atoms with Crippen molar-refractivity contribution in [3.05, 3.63) is 0 Å². The van der Waals surface area contributed by atoms with Crippen molar-refractivity contribution in [3.8, 4) is 0 Å². The van der Waals surface area contributed by atoms with Gasteiger partial charge in [0.1, 0.15) is 0 Å². The molecule has 0 spiro atoms. The van der Waals surface area contributed by atoms with Crippen LogP contribution in [0.15, 0.2) is 0 Å². The molecule has 0 bridgehead atoms. The molecule has 2 nitrogen and oxygen atoms in total. The van der Waals surface area contributed by atoms with Crippen LogP contribution in [0.4, 0.5) is 0 Å². The van der Waals surface area contributed by atoms with Crippen LogP contribution in [0.3, 0.4) is 0 Å². The van der Waals surface area contributed by atoms with Crippen LogP contribution >= 0.6 is 0 Å². The minimum Gasteiger partial charge on any atom is -0.381 e. The number of nitrogens with two attached hydrogens (primary N) is 1. The third kappa shape index (κ3) is 1.30. The number of ether oxygens (including phenoxy) is 1. The molecule has 0 saturated heterocycles. The van der Waals surface area contributed by atoms with Gasteiger partial charge in [-0.2, -0.15) is 0 Å². The zero-order valence-electron chi connectivity index (χ0n) is 7.12. The van der Waals surface area contributed by atoms with Gasteiger partial charge in [0.15, 0.2) is 0 Å². The lowest BCUT2D eigenvalue weighted by atomic mass is 10.0. The van der Waals surface area contributed by atoms with Crippen molar-refractivity contribution in [2.75, 3.05) is 7.11 Å². The summed E-state index contributed by atoms with van der Waals surface area (Å²) in [6.45, 7) is 0. The second kappa shape index (κ2) is 2.76. The molecule has 2 rings (SSSR count). The summed E-state index contributed by atoms with van der Waals surface area (Å²) in [7, 11) is 1.83. The topological polar surface area (TPSA) is 35.2 Å². The van der Waals surface area contributed by atoms with Gasteiger partial charge < -0.3 is 10.5 Å². The molecule has 64 valence electrons. The summed E-state index contributed by atoms with van der Waals surface area (Å²) in [5.41, 5.74) is 5.87. The van der Waals surface area contributed by atoms with Crippen molar-refractivity contribution in [1.29, 1.82) is 0 Å². The average Bonchev–Trinajstić information content (AvgIpc) is 2.43. The molecule has 2 atom stereocenters. The number of hydrogen-bond acceptors (Lipinski definition) is 2. The van der Waals surface area contributed by atoms with Gasteiger partial charge in [0, 0.05) is 13.2 Å². The first-order chi connectivity index (χ1) is 5.29. The second-order valence-corrected chi connectivity index (χ2v) is 4.08. The van der Waals surface area contributed by atoms with Gasteiger partial charge in [0.05, 0.1) is 6.10 Å². The predicted octanol–water partition coefficient (Wildman–Crippen LogP) is 1.15. The molecule has 11 heavy (non-hydrogen) atoms. The molecule has 2 fully saturated rings. The predicted molar refractivity (Wildman–Crippen MR) is 44.2 cm³/mol. The monoisotopic (exact) mass is 155 g/mol. The van der Waals surface area contributed by atoms with E-state index >= 15 is 0 Å². The fourth-order valence-corrected chi connectivity index (χ4v) is 2.80. The van der Waals surface area contributed by atoms with Gasteiger partial charge in [0.2, 0.25) is 0 Å². The first-order valence-electron chi connectivity index (χ1n) is 4.58. The van der Waals surface area contributed by atoms with Crippen molar-refractivity contribution in [2.45, 2.75) is 37.8 Å². The summed E-state index contributed by atoms with van der Waals surface area (Å²) < 4.78 is 5.34. The normalized spacial score (nSPS) is 49.6. The summed E-state index contributed by atoms with van der Waals surface area (Å²) in [6, 6.07) is 0.489. The molecule has 2 unspecified atom stereocenters. The maximum atomic E-state index is 5.87. The lowest BCUT2D eigenvalue weighted by molar-refractivity contribution is 0.101. The summed E-state index contributed by atoms with van der Waals surface area (Å²) in [6.07, 6.45) is 5.54. The second-order valence-electron chi connectivity index (χ2n) is 4.08. The van der Waals surface area contributed by atoms with Crippen LogP contribution in [0.5, 0.6) is 0 Å². The van der Waals surface area contributed by atoms with E-state index in [9.17, 15) is 0 Å². The molecule has 2 saturated carbocycles. The van der Waals surface area contributed by atoms with E-state index in [0.29, 0.717) is 12.1 Å². The first-order valence-corrected chi connectivity index (χ1v) is 4.58. The summed E-state index contributed by atoms with van der Waals surface area (Å²) in [4.78, 5) is 0. The maximum Gasteiger partial charge on any atom is 0.0576 e. The molecule has 0 radical (unpaired) electrons. The van der Waals surface area contributed by atoms with Gasteiger partial charge in [-0.3, -0.25) is 0 Å². The zero-order valence-corrected chi connectivity index (χ0v) is 7.12. The smallest absolute Gasteiger partial charge is 0.0576 e. The van der Waals surface area contributed by atoms with Crippen molar-refractivity contribution in [1.82, 2.24) is 0 Å². The van der Waals surface area contributed by atoms with E-state index in [2.05, 4.69) is 0 Å². The minimum atomic E-state index is 0.489. The van der Waals surface area contributed by atoms with E-state index in [1.54, 1.807) is 0 Å². The van der Waals surface area contributed by atoms with Crippen LogP contribution < -0.4 is 5.73 Å². The molecule has 0 aromatic heterocycles. The van der Waals surface area contributed by atoms with E-state index in [1.165, 1.54) is 25.7 Å². The lowest BCUT2D eigenvalue weighted by Crippen LogP contribution is -2.17. The Kier molecular flexibility index (Phi) is 1.90. The highest BCUT2D eigenvalue weighted by molar-refractivity contribution is 4.93. The van der Waals surface area contributed by atoms with Crippen LogP contribution in [0, 0.1) is 11.8 Å². The Morgan fingerprint density at radius 2 is 1.64 bits per heavy atom. The SMILES string of the molecule is COC1CC2CC(N)CC2C1. The molecule has 0 aromatic rings. The van der Waals surface area contributed by atoms with Gasteiger partial charge in [-0.15, -0.1) is 0 Å². The zero-order chi connectivity index (χ0) is 7.84. The Balaban J connectivity index is 1.93. The number of fused-ring (bicyclic) bond motifs is 1. The van der Waals surface area contributed by atoms with Crippen molar-refractivity contribution >= 4 is 0 Å². The van der Waals surface area contributed by atoms with Gasteiger partial charge in [-0.05, 0) is 37.5 Å². The molecule has 0 heterocycles. The van der Waals surface area contributed by atoms with Crippen LogP contribution in [0.1, 0.15) is 25.7 Å². The molecule has 2 aliphatic carbocycles. The van der Waals surface area contributed by atoms with Gasteiger partial charge in [-0.25, -0.2) is 0 Å². The largest absolute Gasteiger partial charge is 0.381 e. The lowest BCUT2D eigenvalue weighted by Gasteiger charge is -2.09. The van der Waals surface area contributed by atoms with Gasteiger partial charge >= 0.3 is 0 Å². The molecule has 0 aliphatic heterocycles. The van der Waals surface area contributed by atoms with Crippen LogP contribution in [-0.4, -0.2) is 19.3 Å². The number of hydrogen-bond donors (Lipinski definition) is 1. The maximum absolute atomic E-state index is 5.87. The van der Waals surface area contributed by atoms with Crippen molar-refractivity contribution in [2.24, 2.45) is 17.6 Å². The highest BCUT2D eigenvalue weighted by atomic mass is 16.5. The van der Waals surface area contributed by atoms with E-state index < -0.39 is 0 Å². The Morgan fingerprint density at radius 3 is 2.09 bits per heavy atom. The minimum absolute atomic E-state index is 0.489. The Bertz CT molecular complexity index is 134. The van der Waals surface area contributed by atoms with E-state index in [0.717, 1.165) is 11.8 Å². The third-order valence-electron chi connectivity index (χ3n) is 3.34. The van der Waals surface area contributed by atoms with Crippen molar-refractivity contribution in [3.63, 3.8) is 0 Å². The first kappa shape index (κ1) is 7.56. The van der Waals surface area contributed by atoms with Crippen LogP contribution in [-0.2, 0) is 4.74 Å². The molecular formula is C9H17NO. The molecule has 0 amide bonds. The number of methoxy groups -OCH3 is 1. The van der Waals surface area contributed by atoms with E-state index in [1.807, 2.05) is 7.11 Å². The molecule has 2 heteroatoms. The van der Waals surface area contributed by atoms with Crippen LogP contribution in [0.25, 0.3) is 0 Å². The number of rotatable bonds is 1. The summed E-state index contributed by atoms with van der Waals surface area (Å²) in [5, 5.41) is 0. The van der Waals surface area contributed by atoms with Gasteiger partial charge in [-0.1, -0.05) is 0 Å². The Labute approximate surface area is 68.1 Å². The molecule has 2 aliphatic rings. The van der Waals surface area contributed by atoms with Crippen LogP contribution in [0.2, 0.25) is 0 Å². The van der Waals surface area contributed by atoms with Gasteiger partial charge in [0.25, 0.3) is 0 Å². The molecule has 0 aromatic carbocycles. The molecular weight excluding hydrogens is 138 g/mol. The Hall–Kier alpha value is -0.0800. The highest BCUT2D eigenvalue weighted by Gasteiger charge is 2.40. The Morgan fingerprint density at radius 1 is 1.09 bits per heavy atom. The summed E-state index contributed by atoms with van der Waals surface area (Å²) in [5.74, 6) is 1.77. The van der Waals surface area contributed by atoms with E-state index in [-0.39, 0.29) is 0 Å². The average molecular weight is 155 g/mol. The van der Waals surface area contributed by atoms with E-state index in [4.69, 9.17) is 10.5 Å². The molecule has 2 N–H and O–H groups in total. The fraction of sp³-hybridized carbons (Fsp3) is 1.00. The highest BCUT2D eigenvalue weighted by Crippen LogP contribution is 2.44. The third-order valence-corrected chi connectivity index (χ3v) is 3.34.